The Morgan fingerprint density at radius 3 is 2.64 bits per heavy atom. The Balaban J connectivity index is 2.73. The fourth-order valence-electron chi connectivity index (χ4n) is 1.56. The van der Waals surface area contributed by atoms with E-state index in [1.165, 1.54) is 11.3 Å². The summed E-state index contributed by atoms with van der Waals surface area (Å²) < 4.78 is 1.89. The molecule has 0 fully saturated rings. The zero-order valence-corrected chi connectivity index (χ0v) is 9.04. The smallest absolute Gasteiger partial charge is 0.0665 e. The summed E-state index contributed by atoms with van der Waals surface area (Å²) in [6.45, 7) is 4.08. The van der Waals surface area contributed by atoms with Crippen LogP contribution >= 0.6 is 0 Å². The Morgan fingerprint density at radius 2 is 2.21 bits per heavy atom. The van der Waals surface area contributed by atoms with Crippen LogP contribution in [0.4, 0.5) is 0 Å². The third-order valence-electron chi connectivity index (χ3n) is 2.58. The van der Waals surface area contributed by atoms with E-state index in [0.717, 1.165) is 18.5 Å². The molecule has 1 unspecified atom stereocenters. The summed E-state index contributed by atoms with van der Waals surface area (Å²) in [5.74, 6) is 2.53. The highest BCUT2D eigenvalue weighted by molar-refractivity contribution is 5.24. The molecule has 0 bridgehead atoms. The van der Waals surface area contributed by atoms with Crippen LogP contribution in [0.25, 0.3) is 0 Å². The first kappa shape index (κ1) is 10.8. The SMILES string of the molecule is C#CC(N)CCc1c(C)nn(C)c1C. The van der Waals surface area contributed by atoms with Crippen LogP contribution in [0.1, 0.15) is 23.4 Å². The number of nitrogens with two attached hydrogens (primary N) is 1. The summed E-state index contributed by atoms with van der Waals surface area (Å²) in [6.07, 6.45) is 6.96. The fraction of sp³-hybridized carbons (Fsp3) is 0.545. The maximum absolute atomic E-state index is 5.66. The van der Waals surface area contributed by atoms with Crippen LogP contribution in [0.3, 0.4) is 0 Å². The van der Waals surface area contributed by atoms with Crippen molar-refractivity contribution in [2.45, 2.75) is 32.7 Å². The Labute approximate surface area is 85.3 Å². The number of aromatic nitrogens is 2. The largest absolute Gasteiger partial charge is 0.318 e. The van der Waals surface area contributed by atoms with Crippen LogP contribution in [0, 0.1) is 26.2 Å². The van der Waals surface area contributed by atoms with Gasteiger partial charge in [-0.15, -0.1) is 6.42 Å². The number of hydrogen-bond donors (Lipinski definition) is 1. The van der Waals surface area contributed by atoms with Crippen molar-refractivity contribution in [3.8, 4) is 12.3 Å². The highest BCUT2D eigenvalue weighted by Crippen LogP contribution is 2.14. The first-order chi connectivity index (χ1) is 6.56. The van der Waals surface area contributed by atoms with Crippen LogP contribution < -0.4 is 5.73 Å². The topological polar surface area (TPSA) is 43.8 Å². The van der Waals surface area contributed by atoms with E-state index in [9.17, 15) is 0 Å². The number of terminal acetylenes is 1. The fourth-order valence-corrected chi connectivity index (χ4v) is 1.56. The predicted octanol–water partition coefficient (Wildman–Crippen LogP) is 0.930. The molecule has 76 valence electrons. The van der Waals surface area contributed by atoms with E-state index in [1.807, 2.05) is 18.7 Å². The molecule has 0 saturated carbocycles. The molecule has 0 amide bonds. The minimum atomic E-state index is -0.144. The summed E-state index contributed by atoms with van der Waals surface area (Å²) in [6, 6.07) is -0.144. The van der Waals surface area contributed by atoms with Gasteiger partial charge < -0.3 is 5.73 Å². The van der Waals surface area contributed by atoms with Crippen molar-refractivity contribution < 1.29 is 0 Å². The van der Waals surface area contributed by atoms with E-state index >= 15 is 0 Å². The average Bonchev–Trinajstić information content (AvgIpc) is 2.39. The molecule has 3 nitrogen and oxygen atoms in total. The Morgan fingerprint density at radius 1 is 1.57 bits per heavy atom. The van der Waals surface area contributed by atoms with Gasteiger partial charge in [-0.3, -0.25) is 4.68 Å². The van der Waals surface area contributed by atoms with E-state index in [1.54, 1.807) is 0 Å². The maximum Gasteiger partial charge on any atom is 0.0665 e. The van der Waals surface area contributed by atoms with E-state index < -0.39 is 0 Å². The Bertz CT molecular complexity index is 357. The monoisotopic (exact) mass is 191 g/mol. The summed E-state index contributed by atoms with van der Waals surface area (Å²) in [7, 11) is 1.95. The van der Waals surface area contributed by atoms with Gasteiger partial charge in [0.05, 0.1) is 11.7 Å². The zero-order valence-electron chi connectivity index (χ0n) is 9.04. The molecule has 0 spiro atoms. The van der Waals surface area contributed by atoms with Gasteiger partial charge in [0.2, 0.25) is 0 Å². The molecule has 1 heterocycles. The van der Waals surface area contributed by atoms with E-state index in [2.05, 4.69) is 17.9 Å². The number of hydrogen-bond acceptors (Lipinski definition) is 2. The van der Waals surface area contributed by atoms with E-state index in [4.69, 9.17) is 12.2 Å². The molecule has 0 aliphatic heterocycles. The lowest BCUT2D eigenvalue weighted by Gasteiger charge is -2.04. The lowest BCUT2D eigenvalue weighted by atomic mass is 10.0. The van der Waals surface area contributed by atoms with E-state index in [0.29, 0.717) is 0 Å². The maximum atomic E-state index is 5.66. The molecule has 1 atom stereocenters. The van der Waals surface area contributed by atoms with Crippen molar-refractivity contribution in [2.24, 2.45) is 12.8 Å². The minimum Gasteiger partial charge on any atom is -0.318 e. The first-order valence-electron chi connectivity index (χ1n) is 4.77. The molecular formula is C11H17N3. The Kier molecular flexibility index (Phi) is 3.32. The highest BCUT2D eigenvalue weighted by Gasteiger charge is 2.09. The predicted molar refractivity (Wildman–Crippen MR) is 57.8 cm³/mol. The second-order valence-corrected chi connectivity index (χ2v) is 3.58. The normalized spacial score (nSPS) is 12.5. The van der Waals surface area contributed by atoms with Crippen LogP contribution in [-0.4, -0.2) is 15.8 Å². The molecule has 1 rings (SSSR count). The Hall–Kier alpha value is -1.27. The molecule has 1 aromatic heterocycles. The zero-order chi connectivity index (χ0) is 10.7. The summed E-state index contributed by atoms with van der Waals surface area (Å²) in [5, 5.41) is 4.34. The van der Waals surface area contributed by atoms with Crippen molar-refractivity contribution in [3.63, 3.8) is 0 Å². The molecular weight excluding hydrogens is 174 g/mol. The van der Waals surface area contributed by atoms with Crippen LogP contribution in [0.5, 0.6) is 0 Å². The molecule has 0 saturated heterocycles. The van der Waals surface area contributed by atoms with Gasteiger partial charge >= 0.3 is 0 Å². The first-order valence-corrected chi connectivity index (χ1v) is 4.77. The quantitative estimate of drug-likeness (QED) is 0.722. The summed E-state index contributed by atoms with van der Waals surface area (Å²) in [5.41, 5.74) is 9.22. The van der Waals surface area contributed by atoms with Gasteiger partial charge in [0, 0.05) is 12.7 Å². The molecule has 3 heteroatoms. The van der Waals surface area contributed by atoms with Crippen molar-refractivity contribution in [1.82, 2.24) is 9.78 Å². The second-order valence-electron chi connectivity index (χ2n) is 3.58. The standard InChI is InChI=1S/C11H17N3/c1-5-10(12)6-7-11-8(2)13-14(4)9(11)3/h1,10H,6-7,12H2,2-4H3. The van der Waals surface area contributed by atoms with Crippen molar-refractivity contribution in [2.75, 3.05) is 0 Å². The molecule has 0 aromatic carbocycles. The number of nitrogens with zero attached hydrogens (tertiary/aromatic N) is 2. The van der Waals surface area contributed by atoms with Gasteiger partial charge in [0.15, 0.2) is 0 Å². The molecule has 1 aromatic rings. The molecule has 0 aliphatic rings. The van der Waals surface area contributed by atoms with Crippen molar-refractivity contribution in [3.05, 3.63) is 17.0 Å². The third kappa shape index (κ3) is 2.15. The molecule has 2 N–H and O–H groups in total. The van der Waals surface area contributed by atoms with Gasteiger partial charge in [-0.05, 0) is 32.3 Å². The average molecular weight is 191 g/mol. The molecule has 14 heavy (non-hydrogen) atoms. The number of rotatable bonds is 3. The van der Waals surface area contributed by atoms with Crippen LogP contribution in [0.2, 0.25) is 0 Å². The molecule has 0 radical (unpaired) electrons. The number of aryl methyl sites for hydroxylation is 2. The molecule has 0 aliphatic carbocycles. The lowest BCUT2D eigenvalue weighted by molar-refractivity contribution is 0.719. The van der Waals surface area contributed by atoms with Crippen molar-refractivity contribution in [1.29, 1.82) is 0 Å². The van der Waals surface area contributed by atoms with Gasteiger partial charge in [-0.2, -0.15) is 5.10 Å². The lowest BCUT2D eigenvalue weighted by Crippen LogP contribution is -2.18. The van der Waals surface area contributed by atoms with Gasteiger partial charge in [-0.25, -0.2) is 0 Å². The van der Waals surface area contributed by atoms with E-state index in [-0.39, 0.29) is 6.04 Å². The summed E-state index contributed by atoms with van der Waals surface area (Å²) >= 11 is 0. The summed E-state index contributed by atoms with van der Waals surface area (Å²) in [4.78, 5) is 0. The van der Waals surface area contributed by atoms with Crippen LogP contribution in [0.15, 0.2) is 0 Å². The van der Waals surface area contributed by atoms with Crippen molar-refractivity contribution >= 4 is 0 Å². The van der Waals surface area contributed by atoms with Gasteiger partial charge in [0.1, 0.15) is 0 Å². The van der Waals surface area contributed by atoms with Gasteiger partial charge in [0.25, 0.3) is 0 Å². The van der Waals surface area contributed by atoms with Gasteiger partial charge in [-0.1, -0.05) is 5.92 Å². The third-order valence-corrected chi connectivity index (χ3v) is 2.58. The van der Waals surface area contributed by atoms with Crippen LogP contribution in [-0.2, 0) is 13.5 Å². The minimum absolute atomic E-state index is 0.144. The highest BCUT2D eigenvalue weighted by atomic mass is 15.3. The second kappa shape index (κ2) is 4.30.